The minimum Gasteiger partial charge on any atom is -0.339 e. The van der Waals surface area contributed by atoms with E-state index in [2.05, 4.69) is 35.9 Å². The fraction of sp³-hybridized carbons (Fsp3) is 0.417. The predicted octanol–water partition coefficient (Wildman–Crippen LogP) is 2.20. The van der Waals surface area contributed by atoms with Gasteiger partial charge >= 0.3 is 0 Å². The van der Waals surface area contributed by atoms with Crippen LogP contribution in [0, 0.1) is 6.92 Å². The molecule has 0 bridgehead atoms. The summed E-state index contributed by atoms with van der Waals surface area (Å²) in [7, 11) is 0. The van der Waals surface area contributed by atoms with Crippen molar-refractivity contribution in [3.05, 3.63) is 34.8 Å². The molecule has 0 saturated carbocycles. The Morgan fingerprint density at radius 2 is 2.06 bits per heavy atom. The van der Waals surface area contributed by atoms with Gasteiger partial charge in [-0.1, -0.05) is 0 Å². The molecule has 0 radical (unpaired) electrons. The molecule has 1 fully saturated rings. The monoisotopic (exact) mass is 307 g/mol. The Balaban J connectivity index is 1.73. The van der Waals surface area contributed by atoms with Crippen LogP contribution in [0.2, 0.25) is 0 Å². The Labute approximate surface area is 114 Å². The van der Waals surface area contributed by atoms with Crippen molar-refractivity contribution in [2.24, 2.45) is 0 Å². The summed E-state index contributed by atoms with van der Waals surface area (Å²) in [6.45, 7) is 3.89. The van der Waals surface area contributed by atoms with Gasteiger partial charge in [0, 0.05) is 31.7 Å². The normalized spacial score (nSPS) is 19.4. The van der Waals surface area contributed by atoms with E-state index in [-0.39, 0.29) is 0 Å². The van der Waals surface area contributed by atoms with Crippen LogP contribution >= 0.6 is 15.9 Å². The molecule has 3 heterocycles. The fourth-order valence-electron chi connectivity index (χ4n) is 2.20. The summed E-state index contributed by atoms with van der Waals surface area (Å²) in [4.78, 5) is 10.9. The average Bonchev–Trinajstić information content (AvgIpc) is 2.98. The average molecular weight is 308 g/mol. The molecule has 94 valence electrons. The summed E-state index contributed by atoms with van der Waals surface area (Å²) in [5, 5.41) is 4.34. The van der Waals surface area contributed by atoms with Crippen LogP contribution in [0.1, 0.15) is 18.0 Å². The van der Waals surface area contributed by atoms with Crippen molar-refractivity contribution in [3.63, 3.8) is 0 Å². The second-order valence-corrected chi connectivity index (χ2v) is 5.50. The first-order chi connectivity index (χ1) is 8.72. The van der Waals surface area contributed by atoms with Gasteiger partial charge in [-0.15, -0.1) is 0 Å². The van der Waals surface area contributed by atoms with Crippen LogP contribution in [0.3, 0.4) is 0 Å². The van der Waals surface area contributed by atoms with Gasteiger partial charge in [-0.05, 0) is 34.8 Å². The molecule has 0 aromatic carbocycles. The number of aryl methyl sites for hydroxylation is 1. The lowest BCUT2D eigenvalue weighted by Crippen LogP contribution is -2.23. The van der Waals surface area contributed by atoms with Gasteiger partial charge in [-0.25, -0.2) is 9.97 Å². The number of halogens is 1. The Hall–Kier alpha value is -1.43. The Morgan fingerprint density at radius 1 is 1.28 bits per heavy atom. The molecule has 0 aliphatic carbocycles. The van der Waals surface area contributed by atoms with Gasteiger partial charge in [0.1, 0.15) is 0 Å². The highest BCUT2D eigenvalue weighted by molar-refractivity contribution is 9.10. The minimum absolute atomic E-state index is 0.404. The molecule has 1 unspecified atom stereocenters. The zero-order valence-corrected chi connectivity index (χ0v) is 11.7. The maximum absolute atomic E-state index is 4.37. The van der Waals surface area contributed by atoms with Crippen molar-refractivity contribution in [1.29, 1.82) is 0 Å². The quantitative estimate of drug-likeness (QED) is 0.853. The van der Waals surface area contributed by atoms with E-state index in [1.165, 1.54) is 0 Å². The molecule has 1 atom stereocenters. The van der Waals surface area contributed by atoms with Crippen molar-refractivity contribution < 1.29 is 0 Å². The van der Waals surface area contributed by atoms with Crippen molar-refractivity contribution in [3.8, 4) is 0 Å². The highest BCUT2D eigenvalue weighted by Crippen LogP contribution is 2.24. The second-order valence-electron chi connectivity index (χ2n) is 4.59. The van der Waals surface area contributed by atoms with E-state index in [9.17, 15) is 0 Å². The molecule has 1 aliphatic rings. The zero-order valence-electron chi connectivity index (χ0n) is 10.1. The van der Waals surface area contributed by atoms with Crippen LogP contribution in [-0.2, 0) is 0 Å². The minimum atomic E-state index is 0.404. The molecule has 1 aliphatic heterocycles. The van der Waals surface area contributed by atoms with Gasteiger partial charge in [0.15, 0.2) is 0 Å². The van der Waals surface area contributed by atoms with Gasteiger partial charge in [0.05, 0.1) is 16.7 Å². The van der Waals surface area contributed by atoms with Crippen LogP contribution in [0.4, 0.5) is 5.95 Å². The molecule has 6 heteroatoms. The number of nitrogens with zero attached hydrogens (tertiary/aromatic N) is 5. The number of hydrogen-bond donors (Lipinski definition) is 0. The third-order valence-corrected chi connectivity index (χ3v) is 3.57. The summed E-state index contributed by atoms with van der Waals surface area (Å²) in [5.41, 5.74) is 1.09. The summed E-state index contributed by atoms with van der Waals surface area (Å²) >= 11 is 3.43. The first-order valence-electron chi connectivity index (χ1n) is 5.95. The van der Waals surface area contributed by atoms with Crippen LogP contribution in [0.25, 0.3) is 0 Å². The van der Waals surface area contributed by atoms with E-state index < -0.39 is 0 Å². The second kappa shape index (κ2) is 4.68. The van der Waals surface area contributed by atoms with E-state index in [0.29, 0.717) is 6.04 Å². The SMILES string of the molecule is Cc1cnc(N2CCC(n3cc(Br)cn3)C2)nc1. The van der Waals surface area contributed by atoms with Gasteiger partial charge in [-0.2, -0.15) is 5.10 Å². The van der Waals surface area contributed by atoms with Crippen LogP contribution < -0.4 is 4.90 Å². The summed E-state index contributed by atoms with van der Waals surface area (Å²) < 4.78 is 3.03. The molecule has 0 amide bonds. The lowest BCUT2D eigenvalue weighted by molar-refractivity contribution is 0.494. The Bertz CT molecular complexity index is 536. The fourth-order valence-corrected chi connectivity index (χ4v) is 2.50. The zero-order chi connectivity index (χ0) is 12.5. The third-order valence-electron chi connectivity index (χ3n) is 3.16. The van der Waals surface area contributed by atoms with Gasteiger partial charge in [0.2, 0.25) is 5.95 Å². The van der Waals surface area contributed by atoms with E-state index in [1.54, 1.807) is 0 Å². The van der Waals surface area contributed by atoms with E-state index >= 15 is 0 Å². The number of aromatic nitrogens is 4. The topological polar surface area (TPSA) is 46.8 Å². The van der Waals surface area contributed by atoms with Crippen molar-refractivity contribution >= 4 is 21.9 Å². The number of rotatable bonds is 2. The first-order valence-corrected chi connectivity index (χ1v) is 6.75. The summed E-state index contributed by atoms with van der Waals surface area (Å²) in [6, 6.07) is 0.404. The lowest BCUT2D eigenvalue weighted by atomic mass is 10.3. The molecule has 3 rings (SSSR count). The molecular weight excluding hydrogens is 294 g/mol. The maximum Gasteiger partial charge on any atom is 0.225 e. The summed E-state index contributed by atoms with van der Waals surface area (Å²) in [6.07, 6.45) is 8.64. The molecule has 0 spiro atoms. The van der Waals surface area contributed by atoms with Crippen LogP contribution in [0.15, 0.2) is 29.3 Å². The number of hydrogen-bond acceptors (Lipinski definition) is 4. The summed E-state index contributed by atoms with van der Waals surface area (Å²) in [5.74, 6) is 0.814. The Morgan fingerprint density at radius 3 is 2.72 bits per heavy atom. The van der Waals surface area contributed by atoms with Gasteiger partial charge in [0.25, 0.3) is 0 Å². The van der Waals surface area contributed by atoms with Gasteiger partial charge in [-0.3, -0.25) is 4.68 Å². The van der Waals surface area contributed by atoms with Crippen LogP contribution in [-0.4, -0.2) is 32.8 Å². The van der Waals surface area contributed by atoms with Crippen molar-refractivity contribution in [2.75, 3.05) is 18.0 Å². The molecule has 2 aromatic rings. The van der Waals surface area contributed by atoms with E-state index in [0.717, 1.165) is 35.5 Å². The smallest absolute Gasteiger partial charge is 0.225 e. The van der Waals surface area contributed by atoms with Crippen molar-refractivity contribution in [2.45, 2.75) is 19.4 Å². The van der Waals surface area contributed by atoms with E-state index in [4.69, 9.17) is 0 Å². The predicted molar refractivity (Wildman–Crippen MR) is 72.6 cm³/mol. The van der Waals surface area contributed by atoms with Crippen LogP contribution in [0.5, 0.6) is 0 Å². The number of anilines is 1. The molecule has 18 heavy (non-hydrogen) atoms. The Kier molecular flexibility index (Phi) is 3.03. The first kappa shape index (κ1) is 11.6. The van der Waals surface area contributed by atoms with Crippen molar-refractivity contribution in [1.82, 2.24) is 19.7 Å². The molecular formula is C12H14BrN5. The highest BCUT2D eigenvalue weighted by atomic mass is 79.9. The standard InChI is InChI=1S/C12H14BrN5/c1-9-4-14-12(15-5-9)17-3-2-11(8-17)18-7-10(13)6-16-18/h4-7,11H,2-3,8H2,1H3. The van der Waals surface area contributed by atoms with E-state index in [1.807, 2.05) is 36.4 Å². The molecule has 1 saturated heterocycles. The molecule has 0 N–H and O–H groups in total. The van der Waals surface area contributed by atoms with Gasteiger partial charge < -0.3 is 4.90 Å². The molecule has 5 nitrogen and oxygen atoms in total. The maximum atomic E-state index is 4.37. The largest absolute Gasteiger partial charge is 0.339 e. The molecule has 2 aromatic heterocycles. The highest BCUT2D eigenvalue weighted by Gasteiger charge is 2.25. The lowest BCUT2D eigenvalue weighted by Gasteiger charge is -2.16. The third kappa shape index (κ3) is 2.25.